The van der Waals surface area contributed by atoms with E-state index in [0.717, 1.165) is 44.6 Å². The fraction of sp³-hybridized carbons (Fsp3) is 0.231. The number of halogens is 1. The van der Waals surface area contributed by atoms with Crippen LogP contribution in [-0.2, 0) is 24.8 Å². The first-order valence-electron chi connectivity index (χ1n) is 10.7. The second kappa shape index (κ2) is 8.32. The molecule has 0 saturated heterocycles. The Morgan fingerprint density at radius 1 is 1.19 bits per heavy atom. The highest BCUT2D eigenvalue weighted by Crippen LogP contribution is 2.26. The SMILES string of the molecule is C[C@@H](CC(=O)Cc1cc2c(cn1)C(c1ccc3nn(C)cc3c1)=NC2)c1cccc(Cl)c1. The molecule has 0 N–H and O–H groups in total. The predicted octanol–water partition coefficient (Wildman–Crippen LogP) is 5.28. The van der Waals surface area contributed by atoms with Gasteiger partial charge in [-0.2, -0.15) is 5.10 Å². The van der Waals surface area contributed by atoms with Gasteiger partial charge in [0.1, 0.15) is 5.78 Å². The monoisotopic (exact) mass is 442 g/mol. The van der Waals surface area contributed by atoms with Crippen LogP contribution < -0.4 is 0 Å². The molecule has 0 aliphatic carbocycles. The van der Waals surface area contributed by atoms with Crippen LogP contribution in [0.1, 0.15) is 47.2 Å². The zero-order chi connectivity index (χ0) is 22.2. The first-order chi connectivity index (χ1) is 15.5. The maximum atomic E-state index is 12.7. The Labute approximate surface area is 191 Å². The minimum absolute atomic E-state index is 0.118. The van der Waals surface area contributed by atoms with Crippen LogP contribution in [0.25, 0.3) is 10.9 Å². The number of hydrogen-bond acceptors (Lipinski definition) is 4. The molecule has 160 valence electrons. The van der Waals surface area contributed by atoms with Gasteiger partial charge in [-0.1, -0.05) is 36.7 Å². The maximum absolute atomic E-state index is 12.7. The quantitative estimate of drug-likeness (QED) is 0.408. The molecule has 0 bridgehead atoms. The maximum Gasteiger partial charge on any atom is 0.139 e. The van der Waals surface area contributed by atoms with Gasteiger partial charge in [0, 0.05) is 59.5 Å². The number of aliphatic imine (C=N–C) groups is 1. The van der Waals surface area contributed by atoms with Crippen molar-refractivity contribution in [3.63, 3.8) is 0 Å². The predicted molar refractivity (Wildman–Crippen MR) is 127 cm³/mol. The zero-order valence-corrected chi connectivity index (χ0v) is 18.8. The number of pyridine rings is 1. The Hall–Kier alpha value is -3.31. The van der Waals surface area contributed by atoms with E-state index in [0.29, 0.717) is 24.4 Å². The number of carbonyl (C=O) groups excluding carboxylic acids is 1. The molecule has 6 heteroatoms. The van der Waals surface area contributed by atoms with Gasteiger partial charge in [0.15, 0.2) is 0 Å². The number of aryl methyl sites for hydroxylation is 1. The number of aromatic nitrogens is 3. The first kappa shape index (κ1) is 20.6. The highest BCUT2D eigenvalue weighted by molar-refractivity contribution is 6.30. The Morgan fingerprint density at radius 2 is 2.06 bits per heavy atom. The summed E-state index contributed by atoms with van der Waals surface area (Å²) in [6, 6.07) is 15.9. The molecule has 0 unspecified atom stereocenters. The molecule has 2 aromatic carbocycles. The molecular weight excluding hydrogens is 420 g/mol. The largest absolute Gasteiger partial charge is 0.299 e. The molecule has 0 radical (unpaired) electrons. The van der Waals surface area contributed by atoms with Gasteiger partial charge in [0.25, 0.3) is 0 Å². The Morgan fingerprint density at radius 3 is 2.91 bits per heavy atom. The third-order valence-electron chi connectivity index (χ3n) is 5.93. The normalized spacial score (nSPS) is 13.8. The van der Waals surface area contributed by atoms with Gasteiger partial charge in [-0.05, 0) is 47.4 Å². The summed E-state index contributed by atoms with van der Waals surface area (Å²) in [7, 11) is 1.92. The molecule has 1 atom stereocenters. The van der Waals surface area contributed by atoms with Crippen molar-refractivity contribution in [2.24, 2.45) is 12.0 Å². The molecule has 1 aliphatic rings. The molecule has 4 aromatic rings. The first-order valence-corrected chi connectivity index (χ1v) is 11.1. The Bertz CT molecular complexity index is 1370. The van der Waals surface area contributed by atoms with Crippen LogP contribution in [-0.4, -0.2) is 26.3 Å². The van der Waals surface area contributed by atoms with Gasteiger partial charge in [-0.15, -0.1) is 0 Å². The standard InChI is InChI=1S/C26H23ClN4O/c1-16(17-4-3-5-21(27)10-17)8-23(32)12-22-11-19-13-29-26(24(19)14-28-22)18-6-7-25-20(9-18)15-31(2)30-25/h3-7,9-11,14-16H,8,12-13H2,1-2H3/t16-/m0/s1. The van der Waals surface area contributed by atoms with Gasteiger partial charge in [0.2, 0.25) is 0 Å². The van der Waals surface area contributed by atoms with Crippen LogP contribution >= 0.6 is 11.6 Å². The van der Waals surface area contributed by atoms with Crippen LogP contribution in [0.2, 0.25) is 5.02 Å². The van der Waals surface area contributed by atoms with E-state index in [4.69, 9.17) is 16.6 Å². The summed E-state index contributed by atoms with van der Waals surface area (Å²) in [6.07, 6.45) is 4.66. The average Bonchev–Trinajstić information content (AvgIpc) is 3.35. The highest BCUT2D eigenvalue weighted by Gasteiger charge is 2.20. The summed E-state index contributed by atoms with van der Waals surface area (Å²) >= 11 is 6.09. The zero-order valence-electron chi connectivity index (χ0n) is 18.0. The molecule has 1 aliphatic heterocycles. The van der Waals surface area contributed by atoms with Gasteiger partial charge in [-0.3, -0.25) is 19.5 Å². The second-order valence-electron chi connectivity index (χ2n) is 8.45. The summed E-state index contributed by atoms with van der Waals surface area (Å²) < 4.78 is 1.82. The van der Waals surface area contributed by atoms with Gasteiger partial charge in [-0.25, -0.2) is 0 Å². The van der Waals surface area contributed by atoms with Gasteiger partial charge in [0.05, 0.1) is 17.8 Å². The number of fused-ring (bicyclic) bond motifs is 2. The third kappa shape index (κ3) is 4.08. The topological polar surface area (TPSA) is 60.1 Å². The lowest BCUT2D eigenvalue weighted by Gasteiger charge is -2.12. The van der Waals surface area contributed by atoms with Crippen molar-refractivity contribution in [3.05, 3.63) is 93.9 Å². The van der Waals surface area contributed by atoms with Crippen LogP contribution in [0.15, 0.2) is 65.9 Å². The molecule has 0 spiro atoms. The number of benzene rings is 2. The number of rotatable bonds is 6. The van der Waals surface area contributed by atoms with E-state index in [1.54, 1.807) is 0 Å². The van der Waals surface area contributed by atoms with Gasteiger partial charge < -0.3 is 0 Å². The van der Waals surface area contributed by atoms with E-state index in [1.165, 1.54) is 0 Å². The minimum Gasteiger partial charge on any atom is -0.299 e. The molecule has 0 saturated carbocycles. The number of nitrogens with zero attached hydrogens (tertiary/aromatic N) is 4. The van der Waals surface area contributed by atoms with Crippen molar-refractivity contribution < 1.29 is 4.79 Å². The molecule has 0 amide bonds. The van der Waals surface area contributed by atoms with E-state index < -0.39 is 0 Å². The molecular formula is C26H23ClN4O. The van der Waals surface area contributed by atoms with E-state index >= 15 is 0 Å². The summed E-state index contributed by atoms with van der Waals surface area (Å²) in [5.41, 5.74) is 7.01. The lowest BCUT2D eigenvalue weighted by Crippen LogP contribution is -2.10. The molecule has 5 nitrogen and oxygen atoms in total. The van der Waals surface area contributed by atoms with E-state index in [9.17, 15) is 4.79 Å². The molecule has 0 fully saturated rings. The third-order valence-corrected chi connectivity index (χ3v) is 6.17. The smallest absolute Gasteiger partial charge is 0.139 e. The van der Waals surface area contributed by atoms with Crippen molar-refractivity contribution in [1.82, 2.24) is 14.8 Å². The molecule has 32 heavy (non-hydrogen) atoms. The molecule has 2 aromatic heterocycles. The minimum atomic E-state index is 0.118. The summed E-state index contributed by atoms with van der Waals surface area (Å²) in [5.74, 6) is 0.291. The van der Waals surface area contributed by atoms with Crippen molar-refractivity contribution in [2.75, 3.05) is 0 Å². The average molecular weight is 443 g/mol. The van der Waals surface area contributed by atoms with Crippen molar-refractivity contribution in [1.29, 1.82) is 0 Å². The van der Waals surface area contributed by atoms with Crippen LogP contribution in [0.4, 0.5) is 0 Å². The number of hydrogen-bond donors (Lipinski definition) is 0. The lowest BCUT2D eigenvalue weighted by atomic mass is 9.94. The summed E-state index contributed by atoms with van der Waals surface area (Å²) in [5, 5.41) is 6.22. The van der Waals surface area contributed by atoms with Crippen molar-refractivity contribution in [2.45, 2.75) is 32.2 Å². The number of Topliss-reactive ketones (excluding diaryl/α,β-unsaturated/α-hetero) is 1. The fourth-order valence-corrected chi connectivity index (χ4v) is 4.53. The van der Waals surface area contributed by atoms with E-state index in [2.05, 4.69) is 29.1 Å². The molecule has 3 heterocycles. The Balaban J connectivity index is 1.30. The molecule has 5 rings (SSSR count). The number of ketones is 1. The van der Waals surface area contributed by atoms with Crippen molar-refractivity contribution >= 4 is 34.0 Å². The van der Waals surface area contributed by atoms with Crippen LogP contribution in [0.3, 0.4) is 0 Å². The van der Waals surface area contributed by atoms with E-state index in [-0.39, 0.29) is 11.7 Å². The van der Waals surface area contributed by atoms with Crippen molar-refractivity contribution in [3.8, 4) is 0 Å². The van der Waals surface area contributed by atoms with E-state index in [1.807, 2.05) is 60.5 Å². The van der Waals surface area contributed by atoms with Gasteiger partial charge >= 0.3 is 0 Å². The second-order valence-corrected chi connectivity index (χ2v) is 8.89. The summed E-state index contributed by atoms with van der Waals surface area (Å²) in [6.45, 7) is 2.66. The fourth-order valence-electron chi connectivity index (χ4n) is 4.33. The number of carbonyl (C=O) groups is 1. The summed E-state index contributed by atoms with van der Waals surface area (Å²) in [4.78, 5) is 22.0. The lowest BCUT2D eigenvalue weighted by molar-refractivity contribution is -0.118. The Kier molecular flexibility index (Phi) is 5.35. The van der Waals surface area contributed by atoms with Crippen LogP contribution in [0.5, 0.6) is 0 Å². The highest BCUT2D eigenvalue weighted by atomic mass is 35.5. The van der Waals surface area contributed by atoms with Crippen LogP contribution in [0, 0.1) is 0 Å².